The second kappa shape index (κ2) is 6.55. The first-order valence-corrected chi connectivity index (χ1v) is 7.15. The molecular weight excluding hydrogens is 331 g/mol. The molecule has 21 heavy (non-hydrogen) atoms. The van der Waals surface area contributed by atoms with Gasteiger partial charge in [-0.2, -0.15) is 5.26 Å². The van der Waals surface area contributed by atoms with Gasteiger partial charge >= 0.3 is 0 Å². The average Bonchev–Trinajstić information content (AvgIpc) is 2.44. The van der Waals surface area contributed by atoms with Gasteiger partial charge < -0.3 is 4.90 Å². The molecule has 0 aliphatic carbocycles. The maximum absolute atomic E-state index is 13.3. The van der Waals surface area contributed by atoms with E-state index in [4.69, 9.17) is 0 Å². The molecule has 0 aliphatic heterocycles. The minimum absolute atomic E-state index is 0.349. The minimum atomic E-state index is -0.349. The van der Waals surface area contributed by atoms with E-state index >= 15 is 0 Å². The lowest BCUT2D eigenvalue weighted by atomic mass is 10.0. The Bertz CT molecular complexity index is 730. The second-order valence-electron chi connectivity index (χ2n) is 4.79. The summed E-state index contributed by atoms with van der Waals surface area (Å²) in [7, 11) is 3.92. The molecule has 0 radical (unpaired) electrons. The highest BCUT2D eigenvalue weighted by Crippen LogP contribution is 2.27. The normalized spacial score (nSPS) is 11.1. The first-order chi connectivity index (χ1) is 10.0. The summed E-state index contributed by atoms with van der Waals surface area (Å²) in [6.45, 7) is 0. The Morgan fingerprint density at radius 1 is 1.24 bits per heavy atom. The number of hydrogen-bond acceptors (Lipinski definition) is 2. The molecular formula is C17H14BrFN2. The molecule has 2 nitrogen and oxygen atoms in total. The molecule has 0 heterocycles. The summed E-state index contributed by atoms with van der Waals surface area (Å²) >= 11 is 3.51. The number of nitriles is 1. The van der Waals surface area contributed by atoms with Crippen molar-refractivity contribution in [2.75, 3.05) is 19.0 Å². The molecule has 0 bridgehead atoms. The van der Waals surface area contributed by atoms with Crippen LogP contribution in [-0.4, -0.2) is 14.1 Å². The van der Waals surface area contributed by atoms with Crippen LogP contribution < -0.4 is 4.90 Å². The zero-order valence-corrected chi connectivity index (χ0v) is 13.4. The number of anilines is 1. The van der Waals surface area contributed by atoms with E-state index in [0.717, 1.165) is 15.7 Å². The Kier molecular flexibility index (Phi) is 4.77. The summed E-state index contributed by atoms with van der Waals surface area (Å²) in [4.78, 5) is 2.00. The lowest BCUT2D eigenvalue weighted by Crippen LogP contribution is -2.09. The predicted molar refractivity (Wildman–Crippen MR) is 88.4 cm³/mol. The number of halogens is 2. The van der Waals surface area contributed by atoms with E-state index in [1.54, 1.807) is 18.2 Å². The van der Waals surface area contributed by atoms with Gasteiger partial charge in [0.25, 0.3) is 0 Å². The third kappa shape index (κ3) is 3.71. The molecule has 0 saturated heterocycles. The zero-order valence-electron chi connectivity index (χ0n) is 11.8. The van der Waals surface area contributed by atoms with Crippen molar-refractivity contribution in [2.45, 2.75) is 0 Å². The molecule has 0 saturated carbocycles. The topological polar surface area (TPSA) is 27.0 Å². The average molecular weight is 345 g/mol. The van der Waals surface area contributed by atoms with Crippen LogP contribution in [0.15, 0.2) is 46.9 Å². The smallest absolute Gasteiger partial charge is 0.123 e. The summed E-state index contributed by atoms with van der Waals surface area (Å²) in [6, 6.07) is 14.0. The number of hydrogen-bond donors (Lipinski definition) is 0. The van der Waals surface area contributed by atoms with E-state index in [1.165, 1.54) is 12.1 Å². The van der Waals surface area contributed by atoms with Crippen molar-refractivity contribution in [1.82, 2.24) is 0 Å². The van der Waals surface area contributed by atoms with E-state index in [2.05, 4.69) is 22.0 Å². The Balaban J connectivity index is 2.42. The standard InChI is InChI=1S/C17H14BrFN2/c1-21(2)17-7-6-12(9-16(17)18)8-14(11-20)13-4-3-5-15(19)10-13/h3-10H,1-2H3/b14-8-. The van der Waals surface area contributed by atoms with E-state index in [0.29, 0.717) is 11.1 Å². The Labute approximate surface area is 132 Å². The van der Waals surface area contributed by atoms with Crippen molar-refractivity contribution >= 4 is 33.3 Å². The Hall–Kier alpha value is -2.12. The van der Waals surface area contributed by atoms with Crippen LogP contribution in [0, 0.1) is 17.1 Å². The largest absolute Gasteiger partial charge is 0.377 e. The van der Waals surface area contributed by atoms with Crippen LogP contribution in [0.3, 0.4) is 0 Å². The van der Waals surface area contributed by atoms with Crippen molar-refractivity contribution in [3.63, 3.8) is 0 Å². The molecule has 0 fully saturated rings. The molecule has 106 valence electrons. The first-order valence-electron chi connectivity index (χ1n) is 6.36. The minimum Gasteiger partial charge on any atom is -0.377 e. The van der Waals surface area contributed by atoms with Gasteiger partial charge in [0, 0.05) is 18.6 Å². The summed E-state index contributed by atoms with van der Waals surface area (Å²) in [6.07, 6.45) is 1.75. The SMILES string of the molecule is CN(C)c1ccc(/C=C(/C#N)c2cccc(F)c2)cc1Br. The quantitative estimate of drug-likeness (QED) is 0.595. The molecule has 0 spiro atoms. The second-order valence-corrected chi connectivity index (χ2v) is 5.64. The summed E-state index contributed by atoms with van der Waals surface area (Å²) in [5, 5.41) is 9.28. The maximum Gasteiger partial charge on any atom is 0.123 e. The maximum atomic E-state index is 13.3. The summed E-state index contributed by atoms with van der Waals surface area (Å²) in [5.74, 6) is -0.349. The molecule has 2 aromatic rings. The fourth-order valence-electron chi connectivity index (χ4n) is 1.98. The third-order valence-electron chi connectivity index (χ3n) is 3.02. The number of rotatable bonds is 3. The van der Waals surface area contributed by atoms with Gasteiger partial charge in [0.05, 0.1) is 17.3 Å². The Morgan fingerprint density at radius 3 is 2.57 bits per heavy atom. The number of allylic oxidation sites excluding steroid dienone is 1. The summed E-state index contributed by atoms with van der Waals surface area (Å²) in [5.41, 5.74) is 2.94. The molecule has 0 amide bonds. The van der Waals surface area contributed by atoms with Crippen molar-refractivity contribution in [1.29, 1.82) is 5.26 Å². The van der Waals surface area contributed by atoms with Crippen molar-refractivity contribution in [2.24, 2.45) is 0 Å². The fourth-order valence-corrected chi connectivity index (χ4v) is 2.73. The van der Waals surface area contributed by atoms with Crippen LogP contribution in [0.1, 0.15) is 11.1 Å². The zero-order chi connectivity index (χ0) is 15.4. The van der Waals surface area contributed by atoms with Gasteiger partial charge in [-0.1, -0.05) is 18.2 Å². The van der Waals surface area contributed by atoms with Gasteiger partial charge in [0.15, 0.2) is 0 Å². The highest BCUT2D eigenvalue weighted by atomic mass is 79.9. The lowest BCUT2D eigenvalue weighted by molar-refractivity contribution is 0.627. The van der Waals surface area contributed by atoms with Gasteiger partial charge in [-0.3, -0.25) is 0 Å². The van der Waals surface area contributed by atoms with Crippen molar-refractivity contribution in [3.05, 3.63) is 63.9 Å². The Morgan fingerprint density at radius 2 is 2.00 bits per heavy atom. The monoisotopic (exact) mass is 344 g/mol. The van der Waals surface area contributed by atoms with Gasteiger partial charge in [-0.05, 0) is 57.4 Å². The van der Waals surface area contributed by atoms with Crippen LogP contribution >= 0.6 is 15.9 Å². The van der Waals surface area contributed by atoms with Gasteiger partial charge in [-0.15, -0.1) is 0 Å². The number of benzene rings is 2. The van der Waals surface area contributed by atoms with Crippen LogP contribution in [-0.2, 0) is 0 Å². The summed E-state index contributed by atoms with van der Waals surface area (Å²) < 4.78 is 14.2. The molecule has 2 rings (SSSR count). The third-order valence-corrected chi connectivity index (χ3v) is 3.66. The highest BCUT2D eigenvalue weighted by molar-refractivity contribution is 9.10. The molecule has 0 unspecified atom stereocenters. The van der Waals surface area contributed by atoms with Crippen LogP contribution in [0.4, 0.5) is 10.1 Å². The van der Waals surface area contributed by atoms with Crippen molar-refractivity contribution in [3.8, 4) is 6.07 Å². The van der Waals surface area contributed by atoms with Crippen LogP contribution in [0.5, 0.6) is 0 Å². The van der Waals surface area contributed by atoms with E-state index in [-0.39, 0.29) is 5.82 Å². The molecule has 0 atom stereocenters. The van der Waals surface area contributed by atoms with E-state index < -0.39 is 0 Å². The molecule has 0 aliphatic rings. The van der Waals surface area contributed by atoms with E-state index in [1.807, 2.05) is 37.2 Å². The van der Waals surface area contributed by atoms with Crippen LogP contribution in [0.2, 0.25) is 0 Å². The van der Waals surface area contributed by atoms with E-state index in [9.17, 15) is 9.65 Å². The molecule has 0 aromatic heterocycles. The highest BCUT2D eigenvalue weighted by Gasteiger charge is 2.05. The lowest BCUT2D eigenvalue weighted by Gasteiger charge is -2.14. The molecule has 0 N–H and O–H groups in total. The van der Waals surface area contributed by atoms with Gasteiger partial charge in [0.1, 0.15) is 5.82 Å². The fraction of sp³-hybridized carbons (Fsp3) is 0.118. The van der Waals surface area contributed by atoms with Gasteiger partial charge in [-0.25, -0.2) is 4.39 Å². The predicted octanol–water partition coefficient (Wildman–Crippen LogP) is 4.72. The molecule has 4 heteroatoms. The van der Waals surface area contributed by atoms with Crippen molar-refractivity contribution < 1.29 is 4.39 Å². The molecule has 2 aromatic carbocycles. The van der Waals surface area contributed by atoms with Gasteiger partial charge in [0.2, 0.25) is 0 Å². The number of nitrogens with zero attached hydrogens (tertiary/aromatic N) is 2. The van der Waals surface area contributed by atoms with Crippen LogP contribution in [0.25, 0.3) is 11.6 Å². The first kappa shape index (κ1) is 15.3.